The molecule has 3 aromatic rings. The summed E-state index contributed by atoms with van der Waals surface area (Å²) in [6.07, 6.45) is 0. The summed E-state index contributed by atoms with van der Waals surface area (Å²) in [5.41, 5.74) is 1.77. The summed E-state index contributed by atoms with van der Waals surface area (Å²) in [7, 11) is -3.55. The Labute approximate surface area is 152 Å². The Morgan fingerprint density at radius 3 is 1.85 bits per heavy atom. The van der Waals surface area contributed by atoms with Crippen LogP contribution in [0, 0.1) is 0 Å². The van der Waals surface area contributed by atoms with E-state index < -0.39 is 17.9 Å². The molecule has 0 radical (unpaired) electrons. The molecule has 6 nitrogen and oxygen atoms in total. The first kappa shape index (κ1) is 15.7. The number of anilines is 2. The van der Waals surface area contributed by atoms with Crippen LogP contribution in [0.25, 0.3) is 0 Å². The molecule has 5 rings (SSSR count). The molecule has 2 aliphatic rings. The molecule has 0 aromatic heterocycles. The van der Waals surface area contributed by atoms with Crippen molar-refractivity contribution in [3.8, 4) is 5.75 Å². The molecule has 26 heavy (non-hydrogen) atoms. The molecule has 0 saturated carbocycles. The van der Waals surface area contributed by atoms with Crippen molar-refractivity contribution in [1.29, 1.82) is 0 Å². The zero-order chi connectivity index (χ0) is 17.4. The highest BCUT2D eigenvalue weighted by Crippen LogP contribution is 2.71. The van der Waals surface area contributed by atoms with E-state index in [4.69, 9.17) is 22.9 Å². The van der Waals surface area contributed by atoms with Crippen molar-refractivity contribution in [2.24, 2.45) is 0 Å². The lowest BCUT2D eigenvalue weighted by Crippen LogP contribution is -2.37. The molecule has 0 unspecified atom stereocenters. The fourth-order valence-corrected chi connectivity index (χ4v) is 5.11. The van der Waals surface area contributed by atoms with Gasteiger partial charge in [-0.05, 0) is 36.4 Å². The molecule has 1 N–H and O–H groups in total. The summed E-state index contributed by atoms with van der Waals surface area (Å²) in [5, 5.41) is 3.38. The molecular weight excluding hydrogens is 353 g/mol. The lowest BCUT2D eigenvalue weighted by molar-refractivity contribution is -0.252. The van der Waals surface area contributed by atoms with E-state index in [1.54, 1.807) is 12.1 Å². The Bertz CT molecular complexity index is 886. The van der Waals surface area contributed by atoms with Gasteiger partial charge in [-0.15, -0.1) is 8.67 Å². The molecule has 0 bridgehead atoms. The maximum Gasteiger partial charge on any atom is 0.773 e. The van der Waals surface area contributed by atoms with Crippen molar-refractivity contribution in [3.63, 3.8) is 0 Å². The first-order chi connectivity index (χ1) is 12.9. The molecule has 0 atom stereocenters. The number of para-hydroxylation sites is 3. The average Bonchev–Trinajstić information content (AvgIpc) is 2.71. The van der Waals surface area contributed by atoms with Crippen molar-refractivity contribution in [1.82, 2.24) is 0 Å². The second kappa shape index (κ2) is 6.35. The van der Waals surface area contributed by atoms with Crippen LogP contribution >= 0.6 is 10.6 Å². The van der Waals surface area contributed by atoms with Gasteiger partial charge in [0.05, 0.1) is 21.2 Å². The Hall–Kier alpha value is -2.49. The van der Waals surface area contributed by atoms with Crippen molar-refractivity contribution in [3.05, 3.63) is 78.9 Å². The molecular formula is C18H14BNO5S. The molecule has 8 heteroatoms. The van der Waals surface area contributed by atoms with Gasteiger partial charge in [0, 0.05) is 0 Å². The predicted octanol–water partition coefficient (Wildman–Crippen LogP) is 4.77. The number of benzene rings is 3. The number of rotatable bonds is 2. The summed E-state index contributed by atoms with van der Waals surface area (Å²) in [6.45, 7) is 0. The monoisotopic (exact) mass is 367 g/mol. The third kappa shape index (κ3) is 2.56. The van der Waals surface area contributed by atoms with Crippen LogP contribution < -0.4 is 9.97 Å². The first-order valence-electron chi connectivity index (χ1n) is 8.05. The highest BCUT2D eigenvalue weighted by molar-refractivity contribution is 8.26. The number of hydrogen-bond donors (Lipinski definition) is 1. The van der Waals surface area contributed by atoms with Crippen molar-refractivity contribution < 1.29 is 22.9 Å². The second-order valence-corrected chi connectivity index (χ2v) is 7.83. The largest absolute Gasteiger partial charge is 0.773 e. The van der Waals surface area contributed by atoms with E-state index in [1.165, 1.54) is 0 Å². The van der Waals surface area contributed by atoms with Gasteiger partial charge < -0.3 is 9.97 Å². The topological polar surface area (TPSA) is 58.2 Å². The maximum absolute atomic E-state index is 5.82. The third-order valence-corrected chi connectivity index (χ3v) is 6.44. The van der Waals surface area contributed by atoms with Crippen LogP contribution in [0.3, 0.4) is 0 Å². The molecule has 2 aliphatic heterocycles. The number of hydrogen-bond acceptors (Lipinski definition) is 6. The Balaban J connectivity index is 1.47. The lowest BCUT2D eigenvalue weighted by atomic mass is 10.2. The van der Waals surface area contributed by atoms with Gasteiger partial charge in [-0.2, -0.15) is 9.61 Å². The smallest absolute Gasteiger partial charge is 0.509 e. The van der Waals surface area contributed by atoms with Crippen molar-refractivity contribution in [2.45, 2.75) is 9.79 Å². The predicted molar refractivity (Wildman–Crippen MR) is 97.5 cm³/mol. The summed E-state index contributed by atoms with van der Waals surface area (Å²) >= 11 is 0. The highest BCUT2D eigenvalue weighted by atomic mass is 32.3. The minimum Gasteiger partial charge on any atom is -0.509 e. The molecule has 3 aromatic carbocycles. The maximum atomic E-state index is 5.82. The quantitative estimate of drug-likeness (QED) is 0.520. The minimum absolute atomic E-state index is 0.585. The van der Waals surface area contributed by atoms with E-state index in [0.29, 0.717) is 5.75 Å². The van der Waals surface area contributed by atoms with Gasteiger partial charge in [0.2, 0.25) is 0 Å². The second-order valence-electron chi connectivity index (χ2n) is 5.67. The van der Waals surface area contributed by atoms with Crippen LogP contribution in [0.4, 0.5) is 11.4 Å². The van der Waals surface area contributed by atoms with Gasteiger partial charge in [-0.3, -0.25) is 0 Å². The Morgan fingerprint density at radius 1 is 0.692 bits per heavy atom. The first-order valence-corrected chi connectivity index (χ1v) is 9.53. The minimum atomic E-state index is -2.43. The fourth-order valence-electron chi connectivity index (χ4n) is 2.87. The summed E-state index contributed by atoms with van der Waals surface area (Å²) in [5.74, 6) is 0.585. The summed E-state index contributed by atoms with van der Waals surface area (Å²) < 4.78 is 17.2. The molecule has 0 aliphatic carbocycles. The van der Waals surface area contributed by atoms with Gasteiger partial charge >= 0.3 is 7.32 Å². The third-order valence-electron chi connectivity index (χ3n) is 4.03. The van der Waals surface area contributed by atoms with E-state index in [2.05, 4.69) is 5.32 Å². The molecule has 0 amide bonds. The van der Waals surface area contributed by atoms with Crippen LogP contribution in [0.15, 0.2) is 88.7 Å². The van der Waals surface area contributed by atoms with Crippen molar-refractivity contribution >= 4 is 29.3 Å². The fraction of sp³-hybridized carbons (Fsp3) is 0. The van der Waals surface area contributed by atoms with Crippen LogP contribution in [0.1, 0.15) is 0 Å². The van der Waals surface area contributed by atoms with E-state index in [0.717, 1.165) is 21.2 Å². The van der Waals surface area contributed by atoms with Crippen molar-refractivity contribution in [2.75, 3.05) is 5.32 Å². The number of fused-ring (bicyclic) bond motifs is 4. The zero-order valence-corrected chi connectivity index (χ0v) is 14.3. The average molecular weight is 367 g/mol. The summed E-state index contributed by atoms with van der Waals surface area (Å²) in [4.78, 5) is 12.5. The lowest BCUT2D eigenvalue weighted by Gasteiger charge is -2.46. The standard InChI is InChI=1S/C18H14BNO5S/c1-2-8-14(9-3-1)21-19-22-24-26(25-23-19)17-12-6-4-10-15(17)20-16-11-5-7-13-18(16)26/h1-13,20H. The van der Waals surface area contributed by atoms with Crippen LogP contribution in [0.5, 0.6) is 5.75 Å². The molecule has 1 saturated heterocycles. The molecule has 1 spiro atoms. The number of nitrogens with one attached hydrogen (secondary N) is 1. The van der Waals surface area contributed by atoms with E-state index >= 15 is 0 Å². The van der Waals surface area contributed by atoms with Crippen LogP contribution in [-0.4, -0.2) is 7.32 Å². The normalized spacial score (nSPS) is 18.4. The van der Waals surface area contributed by atoms with Crippen LogP contribution in [-0.2, 0) is 18.3 Å². The van der Waals surface area contributed by atoms with Gasteiger partial charge in [0.1, 0.15) is 5.75 Å². The summed E-state index contributed by atoms with van der Waals surface area (Å²) in [6, 6.07) is 24.7. The highest BCUT2D eigenvalue weighted by Gasteiger charge is 2.46. The Morgan fingerprint density at radius 2 is 1.23 bits per heavy atom. The van der Waals surface area contributed by atoms with Crippen LogP contribution in [0.2, 0.25) is 0 Å². The van der Waals surface area contributed by atoms with Gasteiger partial charge in [-0.1, -0.05) is 53.1 Å². The Kier molecular flexibility index (Phi) is 3.84. The van der Waals surface area contributed by atoms with E-state index in [9.17, 15) is 0 Å². The van der Waals surface area contributed by atoms with E-state index in [1.807, 2.05) is 66.7 Å². The van der Waals surface area contributed by atoms with Gasteiger partial charge in [0.15, 0.2) is 0 Å². The van der Waals surface area contributed by atoms with Gasteiger partial charge in [0.25, 0.3) is 0 Å². The molecule has 130 valence electrons. The zero-order valence-electron chi connectivity index (χ0n) is 13.5. The SMILES string of the molecule is c1ccc(OB2OOS3(OO2)c2ccccc2Nc2ccccc23)cc1. The molecule has 1 fully saturated rings. The van der Waals surface area contributed by atoms with E-state index in [-0.39, 0.29) is 0 Å². The van der Waals surface area contributed by atoms with Gasteiger partial charge in [-0.25, -0.2) is 0 Å². The molecule has 2 heterocycles.